The normalized spacial score (nSPS) is 25.9. The minimum absolute atomic E-state index is 0.834. The second-order valence-corrected chi connectivity index (χ2v) is 7.12. The molecule has 0 N–H and O–H groups in total. The molecular weight excluding hydrogens is 270 g/mol. The molecule has 1 aliphatic carbocycles. The smallest absolute Gasteiger partial charge is 0.0312 e. The van der Waals surface area contributed by atoms with Crippen LogP contribution in [0.2, 0.25) is 0 Å². The lowest BCUT2D eigenvalue weighted by molar-refractivity contribution is 0.234. The Balaban J connectivity index is 1.39. The van der Waals surface area contributed by atoms with E-state index in [1.165, 1.54) is 57.4 Å². The first-order chi connectivity index (χ1) is 10.8. The summed E-state index contributed by atoms with van der Waals surface area (Å²) in [5.74, 6) is 1.73. The maximum Gasteiger partial charge on any atom is 0.0312 e. The highest BCUT2D eigenvalue weighted by Gasteiger charge is 2.25. The molecule has 0 bridgehead atoms. The van der Waals surface area contributed by atoms with Crippen LogP contribution < -0.4 is 0 Å². The Labute approximate surface area is 135 Å². The van der Waals surface area contributed by atoms with Gasteiger partial charge in [-0.25, -0.2) is 0 Å². The van der Waals surface area contributed by atoms with Crippen molar-refractivity contribution in [3.8, 4) is 0 Å². The molecule has 0 spiro atoms. The summed E-state index contributed by atoms with van der Waals surface area (Å²) in [7, 11) is 2.24. The summed E-state index contributed by atoms with van der Waals surface area (Å²) >= 11 is 0. The molecule has 0 amide bonds. The van der Waals surface area contributed by atoms with Crippen molar-refractivity contribution in [3.05, 3.63) is 42.2 Å². The van der Waals surface area contributed by atoms with Gasteiger partial charge in [-0.15, -0.1) is 0 Å². The number of likely N-dealkylation sites (tertiary alicyclic amines) is 1. The molecule has 0 aromatic carbocycles. The Kier molecular flexibility index (Phi) is 5.63. The van der Waals surface area contributed by atoms with Crippen LogP contribution >= 0.6 is 0 Å². The Hall–Kier alpha value is -1.19. The van der Waals surface area contributed by atoms with Crippen LogP contribution in [-0.4, -0.2) is 48.0 Å². The summed E-state index contributed by atoms with van der Waals surface area (Å²) in [6.45, 7) is 6.12. The zero-order valence-corrected chi connectivity index (χ0v) is 13.8. The fraction of sp³-hybridized carbons (Fsp3) is 0.632. The van der Waals surface area contributed by atoms with Crippen molar-refractivity contribution in [2.45, 2.75) is 32.2 Å². The summed E-state index contributed by atoms with van der Waals surface area (Å²) in [5, 5.41) is 0. The molecule has 120 valence electrons. The van der Waals surface area contributed by atoms with Crippen LogP contribution in [0.1, 0.15) is 31.2 Å². The van der Waals surface area contributed by atoms with Crippen molar-refractivity contribution >= 4 is 0 Å². The molecule has 3 rings (SSSR count). The van der Waals surface area contributed by atoms with Gasteiger partial charge in [0.05, 0.1) is 0 Å². The van der Waals surface area contributed by atoms with Crippen molar-refractivity contribution in [1.82, 2.24) is 14.8 Å². The van der Waals surface area contributed by atoms with Crippen molar-refractivity contribution in [2.24, 2.45) is 11.8 Å². The van der Waals surface area contributed by atoms with Gasteiger partial charge in [0, 0.05) is 38.6 Å². The molecule has 1 aromatic heterocycles. The average molecular weight is 299 g/mol. The molecule has 22 heavy (non-hydrogen) atoms. The average Bonchev–Trinajstić information content (AvgIpc) is 2.96. The van der Waals surface area contributed by atoms with Crippen LogP contribution in [0.25, 0.3) is 0 Å². The van der Waals surface area contributed by atoms with Gasteiger partial charge in [-0.3, -0.25) is 4.98 Å². The topological polar surface area (TPSA) is 19.4 Å². The third-order valence-electron chi connectivity index (χ3n) is 5.01. The van der Waals surface area contributed by atoms with Crippen LogP contribution in [-0.2, 0) is 6.54 Å². The van der Waals surface area contributed by atoms with E-state index in [1.54, 1.807) is 0 Å². The highest BCUT2D eigenvalue weighted by molar-refractivity contribution is 5.08. The molecule has 2 atom stereocenters. The van der Waals surface area contributed by atoms with E-state index in [-0.39, 0.29) is 0 Å². The third kappa shape index (κ3) is 4.65. The first-order valence-electron chi connectivity index (χ1n) is 8.74. The number of hydrogen-bond donors (Lipinski definition) is 0. The number of rotatable bonds is 6. The maximum atomic E-state index is 4.21. The summed E-state index contributed by atoms with van der Waals surface area (Å²) in [5.41, 5.74) is 1.31. The van der Waals surface area contributed by atoms with E-state index in [0.717, 1.165) is 18.4 Å². The molecule has 0 radical (unpaired) electrons. The zero-order valence-electron chi connectivity index (χ0n) is 13.8. The van der Waals surface area contributed by atoms with Crippen molar-refractivity contribution in [3.63, 3.8) is 0 Å². The Morgan fingerprint density at radius 1 is 1.27 bits per heavy atom. The molecule has 3 heteroatoms. The lowest BCUT2D eigenvalue weighted by atomic mass is 9.94. The molecule has 1 aliphatic heterocycles. The standard InChI is InChI=1S/C19H29N3/c1-21(13-18-8-5-10-20-12-18)14-19-9-11-22(16-19)15-17-6-3-2-4-7-17/h2-3,5,8,10,12,17,19H,4,6-7,9,11,13-16H2,1H3/t17-,19-/m0/s1. The van der Waals surface area contributed by atoms with Gasteiger partial charge in [-0.1, -0.05) is 18.2 Å². The predicted octanol–water partition coefficient (Wildman–Crippen LogP) is 3.19. The van der Waals surface area contributed by atoms with Crippen LogP contribution in [0.15, 0.2) is 36.7 Å². The molecule has 1 saturated heterocycles. The fourth-order valence-corrected chi connectivity index (χ4v) is 3.92. The minimum Gasteiger partial charge on any atom is -0.303 e. The molecule has 1 aromatic rings. The molecule has 0 saturated carbocycles. The molecule has 3 nitrogen and oxygen atoms in total. The summed E-state index contributed by atoms with van der Waals surface area (Å²) in [6.07, 6.45) is 13.9. The fourth-order valence-electron chi connectivity index (χ4n) is 3.92. The van der Waals surface area contributed by atoms with Crippen molar-refractivity contribution in [2.75, 3.05) is 33.2 Å². The van der Waals surface area contributed by atoms with Gasteiger partial charge in [0.15, 0.2) is 0 Å². The zero-order chi connectivity index (χ0) is 15.2. The van der Waals surface area contributed by atoms with Crippen LogP contribution in [0.5, 0.6) is 0 Å². The number of aromatic nitrogens is 1. The van der Waals surface area contributed by atoms with Gasteiger partial charge < -0.3 is 9.80 Å². The highest BCUT2D eigenvalue weighted by atomic mass is 15.2. The largest absolute Gasteiger partial charge is 0.303 e. The molecule has 0 unspecified atom stereocenters. The molecular formula is C19H29N3. The van der Waals surface area contributed by atoms with E-state index in [1.807, 2.05) is 18.5 Å². The summed E-state index contributed by atoms with van der Waals surface area (Å²) in [4.78, 5) is 9.36. The minimum atomic E-state index is 0.834. The third-order valence-corrected chi connectivity index (χ3v) is 5.01. The van der Waals surface area contributed by atoms with E-state index >= 15 is 0 Å². The maximum absolute atomic E-state index is 4.21. The number of pyridine rings is 1. The van der Waals surface area contributed by atoms with E-state index in [2.05, 4.69) is 40.0 Å². The van der Waals surface area contributed by atoms with Crippen LogP contribution in [0, 0.1) is 11.8 Å². The summed E-state index contributed by atoms with van der Waals surface area (Å²) < 4.78 is 0. The van der Waals surface area contributed by atoms with Gasteiger partial charge >= 0.3 is 0 Å². The highest BCUT2D eigenvalue weighted by Crippen LogP contribution is 2.24. The van der Waals surface area contributed by atoms with Crippen molar-refractivity contribution in [1.29, 1.82) is 0 Å². The Morgan fingerprint density at radius 2 is 2.23 bits per heavy atom. The SMILES string of the molecule is CN(Cc1cccnc1)C[C@@H]1CCN(C[C@H]2CC=CCC2)C1. The number of allylic oxidation sites excluding steroid dienone is 2. The van der Waals surface area contributed by atoms with E-state index < -0.39 is 0 Å². The lowest BCUT2D eigenvalue weighted by Gasteiger charge is -2.25. The first-order valence-corrected chi connectivity index (χ1v) is 8.74. The first kappa shape index (κ1) is 15.7. The molecule has 2 heterocycles. The van der Waals surface area contributed by atoms with Gasteiger partial charge in [-0.2, -0.15) is 0 Å². The number of nitrogens with zero attached hydrogens (tertiary/aromatic N) is 3. The molecule has 2 aliphatic rings. The quantitative estimate of drug-likeness (QED) is 0.752. The predicted molar refractivity (Wildman–Crippen MR) is 91.6 cm³/mol. The van der Waals surface area contributed by atoms with E-state index in [9.17, 15) is 0 Å². The van der Waals surface area contributed by atoms with Gasteiger partial charge in [0.1, 0.15) is 0 Å². The van der Waals surface area contributed by atoms with E-state index in [0.29, 0.717) is 0 Å². The van der Waals surface area contributed by atoms with E-state index in [4.69, 9.17) is 0 Å². The lowest BCUT2D eigenvalue weighted by Crippen LogP contribution is -2.31. The van der Waals surface area contributed by atoms with Crippen LogP contribution in [0.3, 0.4) is 0 Å². The van der Waals surface area contributed by atoms with Crippen LogP contribution in [0.4, 0.5) is 0 Å². The monoisotopic (exact) mass is 299 g/mol. The molecule has 1 fully saturated rings. The Bertz CT molecular complexity index is 471. The number of hydrogen-bond acceptors (Lipinski definition) is 3. The second kappa shape index (κ2) is 7.89. The Morgan fingerprint density at radius 3 is 3.00 bits per heavy atom. The summed E-state index contributed by atoms with van der Waals surface area (Å²) in [6, 6.07) is 4.19. The second-order valence-electron chi connectivity index (χ2n) is 7.12. The van der Waals surface area contributed by atoms with Gasteiger partial charge in [0.2, 0.25) is 0 Å². The van der Waals surface area contributed by atoms with Crippen molar-refractivity contribution < 1.29 is 0 Å². The van der Waals surface area contributed by atoms with Gasteiger partial charge in [0.25, 0.3) is 0 Å². The van der Waals surface area contributed by atoms with Gasteiger partial charge in [-0.05, 0) is 62.7 Å².